The second-order valence-electron chi connectivity index (χ2n) is 11.5. The van der Waals surface area contributed by atoms with Crippen molar-refractivity contribution in [1.82, 2.24) is 15.5 Å². The number of anilines is 1. The Kier molecular flexibility index (Phi) is 14.0. The van der Waals surface area contributed by atoms with Crippen molar-refractivity contribution in [3.05, 3.63) is 100 Å². The maximum absolute atomic E-state index is 14.0. The Morgan fingerprint density at radius 1 is 0.844 bits per heavy atom. The van der Waals surface area contributed by atoms with Gasteiger partial charge in [-0.1, -0.05) is 26.0 Å². The summed E-state index contributed by atoms with van der Waals surface area (Å²) in [4.78, 5) is 30.9. The zero-order valence-corrected chi connectivity index (χ0v) is 27.2. The highest BCUT2D eigenvalue weighted by Crippen LogP contribution is 2.18. The Morgan fingerprint density at radius 2 is 1.49 bits per heavy atom. The van der Waals surface area contributed by atoms with E-state index >= 15 is 0 Å². The molecule has 0 aliphatic rings. The maximum Gasteiger partial charge on any atom is 0.253 e. The Morgan fingerprint density at radius 3 is 2.11 bits per heavy atom. The summed E-state index contributed by atoms with van der Waals surface area (Å²) >= 11 is 0. The number of aryl methyl sites for hydroxylation is 1. The van der Waals surface area contributed by atoms with Crippen LogP contribution in [0.25, 0.3) is 0 Å². The molecule has 0 saturated carbocycles. The quantitative estimate of drug-likeness (QED) is 0.175. The fourth-order valence-electron chi connectivity index (χ4n) is 5.55. The second kappa shape index (κ2) is 17.6. The first kappa shape index (κ1) is 35.7. The summed E-state index contributed by atoms with van der Waals surface area (Å²) in [6.07, 6.45) is 0.557. The van der Waals surface area contributed by atoms with Crippen molar-refractivity contribution < 1.29 is 23.5 Å². The van der Waals surface area contributed by atoms with Gasteiger partial charge in [0.05, 0.1) is 12.1 Å². The number of hydrogen-bond donors (Lipinski definition) is 3. The van der Waals surface area contributed by atoms with Gasteiger partial charge >= 0.3 is 0 Å². The highest BCUT2D eigenvalue weighted by Gasteiger charge is 2.24. The van der Waals surface area contributed by atoms with E-state index in [1.54, 1.807) is 23.1 Å². The third-order valence-electron chi connectivity index (χ3n) is 7.74. The number of hydrogen-bond acceptors (Lipinski definition) is 5. The minimum atomic E-state index is -1.08. The molecule has 0 radical (unpaired) electrons. The number of rotatable bonds is 17. The molecule has 0 unspecified atom stereocenters. The van der Waals surface area contributed by atoms with Crippen molar-refractivity contribution in [1.29, 1.82) is 0 Å². The van der Waals surface area contributed by atoms with Gasteiger partial charge in [0.25, 0.3) is 11.8 Å². The predicted molar refractivity (Wildman–Crippen MR) is 177 cm³/mol. The summed E-state index contributed by atoms with van der Waals surface area (Å²) in [6, 6.07) is 15.5. The summed E-state index contributed by atoms with van der Waals surface area (Å²) < 4.78 is 28.1. The van der Waals surface area contributed by atoms with Gasteiger partial charge in [-0.3, -0.25) is 9.59 Å². The van der Waals surface area contributed by atoms with Crippen LogP contribution >= 0.6 is 0 Å². The standard InChI is InChI=1S/C36H48F2N4O3/c1-6-13-42(14-7-2)36(45)29-16-25(5)15-28(21-29)35(44)40-33(20-27-17-30(37)22-31(38)18-27)34(43)24-39-23-26-11-10-12-32(19-26)41(8-3)9-4/h10-12,15-19,21-22,33-34,39,43H,6-9,13-14,20,23-24H2,1-5H3,(H,40,44)/t33-,34+/m0/s1. The van der Waals surface area contributed by atoms with E-state index in [4.69, 9.17) is 0 Å². The van der Waals surface area contributed by atoms with Gasteiger partial charge in [-0.2, -0.15) is 0 Å². The van der Waals surface area contributed by atoms with E-state index < -0.39 is 29.7 Å². The van der Waals surface area contributed by atoms with E-state index in [9.17, 15) is 23.5 Å². The van der Waals surface area contributed by atoms with Crippen LogP contribution in [0.1, 0.15) is 77.9 Å². The molecule has 3 aromatic rings. The fraction of sp³-hybridized carbons (Fsp3) is 0.444. The number of nitrogens with zero attached hydrogens (tertiary/aromatic N) is 2. The van der Waals surface area contributed by atoms with E-state index in [2.05, 4.69) is 41.5 Å². The molecule has 0 saturated heterocycles. The Labute approximate surface area is 266 Å². The molecule has 45 heavy (non-hydrogen) atoms. The Balaban J connectivity index is 1.80. The SMILES string of the molecule is CCCN(CCC)C(=O)c1cc(C)cc(C(=O)N[C@@H](Cc2cc(F)cc(F)c2)[C@H](O)CNCc2cccc(N(CC)CC)c2)c1. The molecule has 7 nitrogen and oxygen atoms in total. The molecule has 3 N–H and O–H groups in total. The lowest BCUT2D eigenvalue weighted by Gasteiger charge is -2.26. The van der Waals surface area contributed by atoms with Gasteiger partial charge in [-0.05, 0) is 99.2 Å². The molecule has 0 spiro atoms. The van der Waals surface area contributed by atoms with Crippen LogP contribution in [-0.4, -0.2) is 66.7 Å². The minimum absolute atomic E-state index is 0.000900. The number of amides is 2. The normalized spacial score (nSPS) is 12.4. The van der Waals surface area contributed by atoms with E-state index in [1.165, 1.54) is 12.1 Å². The van der Waals surface area contributed by atoms with E-state index in [0.717, 1.165) is 48.8 Å². The minimum Gasteiger partial charge on any atom is -0.390 e. The molecule has 244 valence electrons. The number of aliphatic hydroxyl groups excluding tert-OH is 1. The summed E-state index contributed by atoms with van der Waals surface area (Å²) in [7, 11) is 0. The average Bonchev–Trinajstić information content (AvgIpc) is 3.00. The van der Waals surface area contributed by atoms with Crippen LogP contribution in [0, 0.1) is 18.6 Å². The van der Waals surface area contributed by atoms with Crippen LogP contribution in [0.2, 0.25) is 0 Å². The van der Waals surface area contributed by atoms with Gasteiger partial charge in [0.15, 0.2) is 0 Å². The summed E-state index contributed by atoms with van der Waals surface area (Å²) in [5, 5.41) is 17.4. The molecule has 9 heteroatoms. The first-order valence-electron chi connectivity index (χ1n) is 16.0. The third kappa shape index (κ3) is 10.6. The molecule has 0 aromatic heterocycles. The van der Waals surface area contributed by atoms with Crippen LogP contribution in [-0.2, 0) is 13.0 Å². The molecule has 0 aliphatic heterocycles. The largest absolute Gasteiger partial charge is 0.390 e. The molecule has 2 amide bonds. The number of carbonyl (C=O) groups excluding carboxylic acids is 2. The van der Waals surface area contributed by atoms with Crippen LogP contribution in [0.5, 0.6) is 0 Å². The lowest BCUT2D eigenvalue weighted by atomic mass is 9.99. The molecule has 0 bridgehead atoms. The summed E-state index contributed by atoms with van der Waals surface area (Å²) in [5.41, 5.74) is 3.89. The van der Waals surface area contributed by atoms with Crippen LogP contribution in [0.4, 0.5) is 14.5 Å². The molecule has 0 fully saturated rings. The third-order valence-corrected chi connectivity index (χ3v) is 7.74. The van der Waals surface area contributed by atoms with Gasteiger partial charge in [0.1, 0.15) is 11.6 Å². The molecule has 2 atom stereocenters. The van der Waals surface area contributed by atoms with Gasteiger partial charge < -0.3 is 25.5 Å². The van der Waals surface area contributed by atoms with Gasteiger partial charge in [0, 0.05) is 62.1 Å². The van der Waals surface area contributed by atoms with Crippen molar-refractivity contribution in [2.24, 2.45) is 0 Å². The van der Waals surface area contributed by atoms with Gasteiger partial charge in [-0.25, -0.2) is 8.78 Å². The number of aliphatic hydroxyl groups is 1. The van der Waals surface area contributed by atoms with Crippen LogP contribution in [0.3, 0.4) is 0 Å². The van der Waals surface area contributed by atoms with E-state index in [0.29, 0.717) is 30.8 Å². The van der Waals surface area contributed by atoms with Crippen molar-refractivity contribution in [2.45, 2.75) is 72.6 Å². The Hall–Kier alpha value is -3.82. The van der Waals surface area contributed by atoms with Crippen molar-refractivity contribution in [3.8, 4) is 0 Å². The van der Waals surface area contributed by atoms with Crippen molar-refractivity contribution in [3.63, 3.8) is 0 Å². The van der Waals surface area contributed by atoms with Crippen LogP contribution in [0.15, 0.2) is 60.7 Å². The summed E-state index contributed by atoms with van der Waals surface area (Å²) in [5.74, 6) is -2.10. The monoisotopic (exact) mass is 622 g/mol. The second-order valence-corrected chi connectivity index (χ2v) is 11.5. The van der Waals surface area contributed by atoms with E-state index in [1.807, 2.05) is 32.9 Å². The van der Waals surface area contributed by atoms with Crippen molar-refractivity contribution in [2.75, 3.05) is 37.6 Å². The smallest absolute Gasteiger partial charge is 0.253 e. The zero-order chi connectivity index (χ0) is 32.9. The molecular weight excluding hydrogens is 574 g/mol. The highest BCUT2D eigenvalue weighted by molar-refractivity contribution is 6.00. The predicted octanol–water partition coefficient (Wildman–Crippen LogP) is 5.87. The number of benzene rings is 3. The first-order chi connectivity index (χ1) is 21.6. The lowest BCUT2D eigenvalue weighted by Crippen LogP contribution is -2.48. The number of nitrogens with one attached hydrogen (secondary N) is 2. The fourth-order valence-corrected chi connectivity index (χ4v) is 5.55. The molecule has 0 aliphatic carbocycles. The van der Waals surface area contributed by atoms with E-state index in [-0.39, 0.29) is 24.4 Å². The molecular formula is C36H48F2N4O3. The maximum atomic E-state index is 14.0. The van der Waals surface area contributed by atoms with Crippen LogP contribution < -0.4 is 15.5 Å². The molecule has 3 aromatic carbocycles. The molecule has 0 heterocycles. The zero-order valence-electron chi connectivity index (χ0n) is 27.2. The topological polar surface area (TPSA) is 84.9 Å². The van der Waals surface area contributed by atoms with Gasteiger partial charge in [-0.15, -0.1) is 0 Å². The summed E-state index contributed by atoms with van der Waals surface area (Å²) in [6.45, 7) is 13.7. The highest BCUT2D eigenvalue weighted by atomic mass is 19.1. The lowest BCUT2D eigenvalue weighted by molar-refractivity contribution is 0.0755. The first-order valence-corrected chi connectivity index (χ1v) is 16.0. The molecule has 3 rings (SSSR count). The van der Waals surface area contributed by atoms with Gasteiger partial charge in [0.2, 0.25) is 0 Å². The number of halogens is 2. The number of carbonyl (C=O) groups is 2. The average molecular weight is 623 g/mol. The Bertz CT molecular complexity index is 1390. The van der Waals surface area contributed by atoms with Crippen molar-refractivity contribution >= 4 is 17.5 Å².